The van der Waals surface area contributed by atoms with Crippen molar-refractivity contribution in [1.82, 2.24) is 14.5 Å². The Morgan fingerprint density at radius 1 is 0.743 bits per heavy atom. The zero-order chi connectivity index (χ0) is 24.7. The van der Waals surface area contributed by atoms with E-state index in [-0.39, 0.29) is 43.7 Å². The number of hydrogen-bond donors (Lipinski definition) is 1. The van der Waals surface area contributed by atoms with E-state index in [9.17, 15) is 18.0 Å². The van der Waals surface area contributed by atoms with Crippen LogP contribution in [0.15, 0.2) is 91.0 Å². The van der Waals surface area contributed by atoms with E-state index in [1.165, 1.54) is 4.31 Å². The molecule has 8 heteroatoms. The van der Waals surface area contributed by atoms with E-state index < -0.39 is 16.1 Å². The SMILES string of the molecule is O=C(N[C@H](Cc1ccccc1)C(=O)N1CCN(S(=O)(=O)Cc2ccccc2)CC1)c1ccccc1. The smallest absolute Gasteiger partial charge is 0.251 e. The Labute approximate surface area is 206 Å². The van der Waals surface area contributed by atoms with Crippen LogP contribution in [-0.2, 0) is 27.0 Å². The first-order valence-electron chi connectivity index (χ1n) is 11.6. The maximum atomic E-state index is 13.5. The summed E-state index contributed by atoms with van der Waals surface area (Å²) in [5, 5.41) is 2.89. The van der Waals surface area contributed by atoms with Crippen molar-refractivity contribution in [3.05, 3.63) is 108 Å². The number of carbonyl (C=O) groups excluding carboxylic acids is 2. The van der Waals surface area contributed by atoms with Gasteiger partial charge in [0.25, 0.3) is 5.91 Å². The van der Waals surface area contributed by atoms with Crippen LogP contribution in [0.2, 0.25) is 0 Å². The summed E-state index contributed by atoms with van der Waals surface area (Å²) >= 11 is 0. The van der Waals surface area contributed by atoms with E-state index >= 15 is 0 Å². The van der Waals surface area contributed by atoms with Gasteiger partial charge in [0.2, 0.25) is 15.9 Å². The number of amides is 2. The summed E-state index contributed by atoms with van der Waals surface area (Å²) in [6.45, 7) is 1.01. The predicted octanol–water partition coefficient (Wildman–Crippen LogP) is 2.70. The molecule has 0 saturated carbocycles. The fraction of sp³-hybridized carbons (Fsp3) is 0.259. The lowest BCUT2D eigenvalue weighted by atomic mass is 10.0. The van der Waals surface area contributed by atoms with Crippen LogP contribution < -0.4 is 5.32 Å². The molecule has 4 rings (SSSR count). The summed E-state index contributed by atoms with van der Waals surface area (Å²) in [6.07, 6.45) is 0.352. The molecule has 7 nitrogen and oxygen atoms in total. The maximum absolute atomic E-state index is 13.5. The number of carbonyl (C=O) groups is 2. The van der Waals surface area contributed by atoms with Crippen LogP contribution in [-0.4, -0.2) is 61.7 Å². The van der Waals surface area contributed by atoms with E-state index in [1.807, 2.05) is 54.6 Å². The largest absolute Gasteiger partial charge is 0.340 e. The van der Waals surface area contributed by atoms with Gasteiger partial charge in [0, 0.05) is 38.2 Å². The van der Waals surface area contributed by atoms with Crippen LogP contribution in [0.5, 0.6) is 0 Å². The number of nitrogens with zero attached hydrogens (tertiary/aromatic N) is 2. The van der Waals surface area contributed by atoms with Gasteiger partial charge in [-0.15, -0.1) is 0 Å². The number of rotatable bonds is 8. The van der Waals surface area contributed by atoms with Gasteiger partial charge in [-0.1, -0.05) is 78.9 Å². The highest BCUT2D eigenvalue weighted by atomic mass is 32.2. The molecule has 3 aromatic carbocycles. The fourth-order valence-corrected chi connectivity index (χ4v) is 5.68. The van der Waals surface area contributed by atoms with E-state index in [0.717, 1.165) is 11.1 Å². The Morgan fingerprint density at radius 2 is 1.26 bits per heavy atom. The van der Waals surface area contributed by atoms with Gasteiger partial charge in [0.05, 0.1) is 5.75 Å². The first-order valence-corrected chi connectivity index (χ1v) is 13.2. The third kappa shape index (κ3) is 6.55. The monoisotopic (exact) mass is 491 g/mol. The normalized spacial score (nSPS) is 15.4. The average molecular weight is 492 g/mol. The molecule has 0 radical (unpaired) electrons. The summed E-state index contributed by atoms with van der Waals surface area (Å²) in [6, 6.07) is 26.6. The molecule has 182 valence electrons. The number of hydrogen-bond acceptors (Lipinski definition) is 4. The number of benzene rings is 3. The molecule has 3 aromatic rings. The molecule has 0 spiro atoms. The molecular weight excluding hydrogens is 462 g/mol. The summed E-state index contributed by atoms with van der Waals surface area (Å²) in [5.41, 5.74) is 2.15. The zero-order valence-electron chi connectivity index (χ0n) is 19.4. The maximum Gasteiger partial charge on any atom is 0.251 e. The minimum Gasteiger partial charge on any atom is -0.340 e. The minimum absolute atomic E-state index is 0.0639. The Bertz CT molecular complexity index is 1230. The molecule has 1 aliphatic heterocycles. The molecule has 2 amide bonds. The van der Waals surface area contributed by atoms with Crippen LogP contribution in [0.1, 0.15) is 21.5 Å². The third-order valence-electron chi connectivity index (χ3n) is 6.06. The van der Waals surface area contributed by atoms with Crippen molar-refractivity contribution in [2.45, 2.75) is 18.2 Å². The van der Waals surface area contributed by atoms with E-state index in [0.29, 0.717) is 12.0 Å². The molecule has 1 heterocycles. The lowest BCUT2D eigenvalue weighted by molar-refractivity contribution is -0.134. The van der Waals surface area contributed by atoms with Crippen molar-refractivity contribution < 1.29 is 18.0 Å². The molecule has 1 aliphatic rings. The summed E-state index contributed by atoms with van der Waals surface area (Å²) in [4.78, 5) is 27.9. The number of nitrogens with one attached hydrogen (secondary N) is 1. The highest BCUT2D eigenvalue weighted by molar-refractivity contribution is 7.88. The second-order valence-corrected chi connectivity index (χ2v) is 10.5. The molecule has 1 fully saturated rings. The Hall–Kier alpha value is -3.49. The zero-order valence-corrected chi connectivity index (χ0v) is 20.2. The van der Waals surface area contributed by atoms with Gasteiger partial charge in [-0.2, -0.15) is 4.31 Å². The van der Waals surface area contributed by atoms with E-state index in [2.05, 4.69) is 5.32 Å². The van der Waals surface area contributed by atoms with Gasteiger partial charge in [0.1, 0.15) is 6.04 Å². The highest BCUT2D eigenvalue weighted by Crippen LogP contribution is 2.15. The van der Waals surface area contributed by atoms with Crippen LogP contribution in [0.4, 0.5) is 0 Å². The average Bonchev–Trinajstić information content (AvgIpc) is 2.89. The fourth-order valence-electron chi connectivity index (χ4n) is 4.16. The molecule has 0 unspecified atom stereocenters. The summed E-state index contributed by atoms with van der Waals surface area (Å²) in [7, 11) is -3.48. The first-order chi connectivity index (χ1) is 16.9. The van der Waals surface area contributed by atoms with Crippen LogP contribution >= 0.6 is 0 Å². The standard InChI is InChI=1S/C27H29N3O4S/c31-26(24-14-8-3-9-15-24)28-25(20-22-10-4-1-5-11-22)27(32)29-16-18-30(19-17-29)35(33,34)21-23-12-6-2-7-13-23/h1-15,25H,16-21H2,(H,28,31)/t25-/m1/s1. The second-order valence-electron chi connectivity index (χ2n) is 8.55. The van der Waals surface area contributed by atoms with Crippen LogP contribution in [0.3, 0.4) is 0 Å². The minimum atomic E-state index is -3.48. The molecule has 1 atom stereocenters. The lowest BCUT2D eigenvalue weighted by Crippen LogP contribution is -2.56. The molecule has 1 N–H and O–H groups in total. The van der Waals surface area contributed by atoms with Gasteiger partial charge < -0.3 is 10.2 Å². The van der Waals surface area contributed by atoms with Gasteiger partial charge in [0.15, 0.2) is 0 Å². The van der Waals surface area contributed by atoms with Crippen molar-refractivity contribution in [1.29, 1.82) is 0 Å². The quantitative estimate of drug-likeness (QED) is 0.525. The van der Waals surface area contributed by atoms with Gasteiger partial charge in [-0.25, -0.2) is 8.42 Å². The van der Waals surface area contributed by atoms with Gasteiger partial charge in [-0.05, 0) is 23.3 Å². The first kappa shape index (κ1) is 24.6. The Balaban J connectivity index is 1.43. The van der Waals surface area contributed by atoms with Gasteiger partial charge >= 0.3 is 0 Å². The van der Waals surface area contributed by atoms with Crippen molar-refractivity contribution in [3.63, 3.8) is 0 Å². The Morgan fingerprint density at radius 3 is 1.83 bits per heavy atom. The van der Waals surface area contributed by atoms with Crippen molar-refractivity contribution in [3.8, 4) is 0 Å². The van der Waals surface area contributed by atoms with Crippen molar-refractivity contribution in [2.75, 3.05) is 26.2 Å². The molecule has 1 saturated heterocycles. The molecule has 0 bridgehead atoms. The summed E-state index contributed by atoms with van der Waals surface area (Å²) < 4.78 is 27.2. The third-order valence-corrected chi connectivity index (χ3v) is 7.91. The summed E-state index contributed by atoms with van der Waals surface area (Å²) in [5.74, 6) is -0.590. The van der Waals surface area contributed by atoms with Gasteiger partial charge in [-0.3, -0.25) is 9.59 Å². The predicted molar refractivity (Wildman–Crippen MR) is 135 cm³/mol. The molecular formula is C27H29N3O4S. The van der Waals surface area contributed by atoms with E-state index in [1.54, 1.807) is 41.3 Å². The lowest BCUT2D eigenvalue weighted by Gasteiger charge is -2.36. The Kier molecular flexibility index (Phi) is 7.94. The van der Waals surface area contributed by atoms with Crippen LogP contribution in [0, 0.1) is 0 Å². The number of piperazine rings is 1. The number of sulfonamides is 1. The highest BCUT2D eigenvalue weighted by Gasteiger charge is 2.32. The van der Waals surface area contributed by atoms with Crippen LogP contribution in [0.25, 0.3) is 0 Å². The molecule has 35 heavy (non-hydrogen) atoms. The van der Waals surface area contributed by atoms with Crippen molar-refractivity contribution in [2.24, 2.45) is 0 Å². The molecule has 0 aromatic heterocycles. The second kappa shape index (κ2) is 11.3. The topological polar surface area (TPSA) is 86.8 Å². The van der Waals surface area contributed by atoms with Crippen molar-refractivity contribution >= 4 is 21.8 Å². The van der Waals surface area contributed by atoms with E-state index in [4.69, 9.17) is 0 Å². The molecule has 0 aliphatic carbocycles.